The molecule has 0 saturated carbocycles. The van der Waals surface area contributed by atoms with Gasteiger partial charge in [0.2, 0.25) is 0 Å². The van der Waals surface area contributed by atoms with E-state index in [1.54, 1.807) is 0 Å². The van der Waals surface area contributed by atoms with Crippen molar-refractivity contribution >= 4 is 54.6 Å². The van der Waals surface area contributed by atoms with E-state index >= 15 is 0 Å². The van der Waals surface area contributed by atoms with Gasteiger partial charge in [0.1, 0.15) is 5.75 Å². The van der Waals surface area contributed by atoms with Gasteiger partial charge in [-0.05, 0) is 59.2 Å². The summed E-state index contributed by atoms with van der Waals surface area (Å²) < 4.78 is 9.34. The molecule has 0 bridgehead atoms. The van der Waals surface area contributed by atoms with Crippen molar-refractivity contribution in [3.8, 4) is 16.9 Å². The zero-order valence-electron chi connectivity index (χ0n) is 26.7. The monoisotopic (exact) mass is 648 g/mol. The Morgan fingerprint density at radius 1 is 0.633 bits per heavy atom. The second-order valence-corrected chi connectivity index (χ2v) is 14.0. The highest BCUT2D eigenvalue weighted by molar-refractivity contribution is 7.26. The minimum absolute atomic E-state index is 0.121. The van der Waals surface area contributed by atoms with Gasteiger partial charge in [-0.15, -0.1) is 11.3 Å². The molecule has 3 nitrogen and oxygen atoms in total. The van der Waals surface area contributed by atoms with Gasteiger partial charge in [-0.1, -0.05) is 127 Å². The van der Waals surface area contributed by atoms with Gasteiger partial charge in [-0.25, -0.2) is 0 Å². The molecule has 3 atom stereocenters. The molecule has 1 aliphatic heterocycles. The van der Waals surface area contributed by atoms with Crippen molar-refractivity contribution in [1.29, 1.82) is 0 Å². The first-order valence-corrected chi connectivity index (χ1v) is 17.7. The number of thiophene rings is 1. The zero-order valence-corrected chi connectivity index (χ0v) is 27.5. The number of nitrogens with one attached hydrogen (secondary N) is 1. The summed E-state index contributed by atoms with van der Waals surface area (Å²) >= 11 is 1.86. The van der Waals surface area contributed by atoms with Gasteiger partial charge in [0, 0.05) is 54.5 Å². The van der Waals surface area contributed by atoms with Crippen molar-refractivity contribution in [2.75, 3.05) is 10.2 Å². The fourth-order valence-corrected chi connectivity index (χ4v) is 8.85. The quantitative estimate of drug-likeness (QED) is 0.201. The molecule has 2 heterocycles. The Hall–Kier alpha value is -5.84. The van der Waals surface area contributed by atoms with Gasteiger partial charge >= 0.3 is 0 Å². The smallest absolute Gasteiger partial charge is 0.196 e. The Morgan fingerprint density at radius 3 is 2.22 bits per heavy atom. The third-order valence-corrected chi connectivity index (χ3v) is 11.2. The standard InChI is InChI=1S/C45H32N2OS/c1-3-10-29(11-4-1)30-20-24-34(25-21-30)47(39-15-9-17-41-43(39)36-14-7-8-16-40(36)49-41)35-26-22-31-18-19-32-23-27-38-44(42(32)37(31)28-35)48-45(46-38)33-12-5-2-6-13-33/h1-28,31,37,45-46H. The number of fused-ring (bicyclic) bond motifs is 8. The highest BCUT2D eigenvalue weighted by Crippen LogP contribution is 2.52. The van der Waals surface area contributed by atoms with Crippen LogP contribution in [0.25, 0.3) is 37.4 Å². The van der Waals surface area contributed by atoms with E-state index in [9.17, 15) is 0 Å². The Bertz CT molecular complexity index is 2460. The number of rotatable bonds is 5. The fourth-order valence-electron chi connectivity index (χ4n) is 7.72. The topological polar surface area (TPSA) is 24.5 Å². The second-order valence-electron chi connectivity index (χ2n) is 12.9. The van der Waals surface area contributed by atoms with Crippen LogP contribution in [0.3, 0.4) is 0 Å². The van der Waals surface area contributed by atoms with Crippen LogP contribution in [0, 0.1) is 5.92 Å². The second kappa shape index (κ2) is 11.4. The Morgan fingerprint density at radius 2 is 1.37 bits per heavy atom. The van der Waals surface area contributed by atoms with Crippen LogP contribution in [0.15, 0.2) is 170 Å². The molecule has 0 amide bonds. The van der Waals surface area contributed by atoms with Gasteiger partial charge in [-0.3, -0.25) is 0 Å². The lowest BCUT2D eigenvalue weighted by molar-refractivity contribution is 0.256. The fraction of sp³-hybridized carbons (Fsp3) is 0.0667. The van der Waals surface area contributed by atoms with Crippen molar-refractivity contribution < 1.29 is 4.74 Å². The van der Waals surface area contributed by atoms with Crippen molar-refractivity contribution in [3.05, 3.63) is 186 Å². The zero-order chi connectivity index (χ0) is 32.3. The summed E-state index contributed by atoms with van der Waals surface area (Å²) in [7, 11) is 0. The minimum Gasteiger partial charge on any atom is -0.464 e. The summed E-state index contributed by atoms with van der Waals surface area (Å²) in [4.78, 5) is 2.45. The predicted molar refractivity (Wildman–Crippen MR) is 206 cm³/mol. The predicted octanol–water partition coefficient (Wildman–Crippen LogP) is 12.2. The first-order chi connectivity index (χ1) is 24.3. The van der Waals surface area contributed by atoms with Crippen molar-refractivity contribution in [3.63, 3.8) is 0 Å². The van der Waals surface area contributed by atoms with E-state index in [0.717, 1.165) is 28.4 Å². The molecule has 3 aliphatic rings. The van der Waals surface area contributed by atoms with Crippen LogP contribution in [0.4, 0.5) is 17.1 Å². The molecule has 0 radical (unpaired) electrons. The number of anilines is 3. The molecular formula is C45H32N2OS. The van der Waals surface area contributed by atoms with Crippen LogP contribution >= 0.6 is 11.3 Å². The third kappa shape index (κ3) is 4.71. The molecule has 1 N–H and O–H groups in total. The number of benzene rings is 6. The van der Waals surface area contributed by atoms with Crippen molar-refractivity contribution in [2.45, 2.75) is 12.1 Å². The normalized spacial score (nSPS) is 18.7. The lowest BCUT2D eigenvalue weighted by Crippen LogP contribution is -2.22. The Balaban J connectivity index is 1.13. The van der Waals surface area contributed by atoms with Crippen LogP contribution in [-0.2, 0) is 0 Å². The number of nitrogens with zero attached hydrogens (tertiary/aromatic N) is 1. The molecule has 10 rings (SSSR count). The molecule has 7 aromatic rings. The Kier molecular flexibility index (Phi) is 6.56. The maximum absolute atomic E-state index is 6.75. The number of hydrogen-bond donors (Lipinski definition) is 1. The van der Waals surface area contributed by atoms with Gasteiger partial charge in [0.15, 0.2) is 6.23 Å². The van der Waals surface area contributed by atoms with Crippen LogP contribution in [0.5, 0.6) is 5.75 Å². The molecule has 0 spiro atoms. The van der Waals surface area contributed by atoms with Crippen LogP contribution in [0.2, 0.25) is 0 Å². The summed E-state index contributed by atoms with van der Waals surface area (Å²) in [5.74, 6) is 1.32. The van der Waals surface area contributed by atoms with E-state index < -0.39 is 0 Å². The first-order valence-electron chi connectivity index (χ1n) is 16.9. The molecule has 3 unspecified atom stereocenters. The van der Waals surface area contributed by atoms with Crippen LogP contribution in [0.1, 0.15) is 28.8 Å². The lowest BCUT2D eigenvalue weighted by atomic mass is 9.76. The third-order valence-electron chi connectivity index (χ3n) is 10.1. The van der Waals surface area contributed by atoms with E-state index in [0.29, 0.717) is 0 Å². The summed E-state index contributed by atoms with van der Waals surface area (Å²) in [6, 6.07) is 49.9. The van der Waals surface area contributed by atoms with E-state index in [-0.39, 0.29) is 18.1 Å². The van der Waals surface area contributed by atoms with Crippen molar-refractivity contribution in [2.24, 2.45) is 5.92 Å². The van der Waals surface area contributed by atoms with Gasteiger partial charge in [0.25, 0.3) is 0 Å². The largest absolute Gasteiger partial charge is 0.464 e. The Labute approximate surface area is 289 Å². The molecule has 234 valence electrons. The molecule has 0 fully saturated rings. The highest BCUT2D eigenvalue weighted by atomic mass is 32.1. The molecule has 6 aromatic carbocycles. The summed E-state index contributed by atoms with van der Waals surface area (Å²) in [6.45, 7) is 0. The van der Waals surface area contributed by atoms with E-state index in [2.05, 4.69) is 174 Å². The molecule has 49 heavy (non-hydrogen) atoms. The molecule has 4 heteroatoms. The number of hydrogen-bond acceptors (Lipinski definition) is 4. The molecule has 2 aliphatic carbocycles. The molecule has 1 aromatic heterocycles. The van der Waals surface area contributed by atoms with E-state index in [1.165, 1.54) is 48.1 Å². The van der Waals surface area contributed by atoms with Gasteiger partial charge in [0.05, 0.1) is 11.4 Å². The number of allylic oxidation sites excluding steroid dienone is 4. The molecule has 0 saturated heterocycles. The SMILES string of the molecule is C1=CC2C=Cc3ccc4c(c3C2C=C1N(c1ccc(-c2ccccc2)cc1)c1cccc2sc3ccccc3c12)OC(c1ccccc1)N4. The maximum Gasteiger partial charge on any atom is 0.196 e. The highest BCUT2D eigenvalue weighted by Gasteiger charge is 2.35. The molecular weight excluding hydrogens is 617 g/mol. The van der Waals surface area contributed by atoms with Crippen LogP contribution in [-0.4, -0.2) is 0 Å². The van der Waals surface area contributed by atoms with Gasteiger partial charge < -0.3 is 15.0 Å². The van der Waals surface area contributed by atoms with E-state index in [1.807, 2.05) is 17.4 Å². The van der Waals surface area contributed by atoms with Crippen LogP contribution < -0.4 is 15.0 Å². The summed E-state index contributed by atoms with van der Waals surface area (Å²) in [5.41, 5.74) is 10.5. The summed E-state index contributed by atoms with van der Waals surface area (Å²) in [6.07, 6.45) is 11.5. The lowest BCUT2D eigenvalue weighted by Gasteiger charge is -2.34. The van der Waals surface area contributed by atoms with Gasteiger partial charge in [-0.2, -0.15) is 0 Å². The van der Waals surface area contributed by atoms with Crippen molar-refractivity contribution in [1.82, 2.24) is 0 Å². The average Bonchev–Trinajstić information content (AvgIpc) is 3.78. The van der Waals surface area contributed by atoms with E-state index in [4.69, 9.17) is 4.74 Å². The maximum atomic E-state index is 6.75. The average molecular weight is 649 g/mol. The first kappa shape index (κ1) is 28.2. The summed E-state index contributed by atoms with van der Waals surface area (Å²) in [5, 5.41) is 6.22. The minimum atomic E-state index is -0.209. The number of ether oxygens (including phenoxy) is 1.